The van der Waals surface area contributed by atoms with E-state index in [-0.39, 0.29) is 0 Å². The molecule has 2 aliphatic rings. The van der Waals surface area contributed by atoms with E-state index in [4.69, 9.17) is 0 Å². The van der Waals surface area contributed by atoms with Crippen molar-refractivity contribution >= 4 is 0 Å². The van der Waals surface area contributed by atoms with E-state index in [1.807, 2.05) is 0 Å². The van der Waals surface area contributed by atoms with Crippen LogP contribution in [0.15, 0.2) is 0 Å². The summed E-state index contributed by atoms with van der Waals surface area (Å²) in [6.07, 6.45) is 0. The van der Waals surface area contributed by atoms with Crippen molar-refractivity contribution in [1.82, 2.24) is 20.4 Å². The van der Waals surface area contributed by atoms with Crippen LogP contribution < -0.4 is 10.6 Å². The van der Waals surface area contributed by atoms with E-state index in [9.17, 15) is 0 Å². The van der Waals surface area contributed by atoms with Gasteiger partial charge in [-0.25, -0.2) is 0 Å². The third kappa shape index (κ3) is 4.99. The van der Waals surface area contributed by atoms with Gasteiger partial charge in [-0.1, -0.05) is 13.8 Å². The molecule has 0 aromatic carbocycles. The molecule has 0 aromatic rings. The second kappa shape index (κ2) is 8.98. The molecule has 2 heterocycles. The van der Waals surface area contributed by atoms with Crippen molar-refractivity contribution < 1.29 is 0 Å². The van der Waals surface area contributed by atoms with Gasteiger partial charge >= 0.3 is 0 Å². The zero-order valence-electron chi connectivity index (χ0n) is 14.4. The zero-order valence-corrected chi connectivity index (χ0v) is 14.4. The minimum absolute atomic E-state index is 0.716. The molecule has 2 fully saturated rings. The molecular weight excluding hydrogens is 248 g/mol. The Morgan fingerprint density at radius 2 is 0.900 bits per heavy atom. The molecule has 2 saturated heterocycles. The predicted molar refractivity (Wildman–Crippen MR) is 88.3 cm³/mol. The average molecular weight is 284 g/mol. The first-order valence-corrected chi connectivity index (χ1v) is 8.44. The summed E-state index contributed by atoms with van der Waals surface area (Å²) in [6.45, 7) is 20.6. The smallest absolute Gasteiger partial charge is 0.0195 e. The SMILES string of the molecule is CCN1[C@H](C)CNC[C@@H]1C.CCN1[C@H](C)CNC[C@@H]1C. The van der Waals surface area contributed by atoms with Crippen LogP contribution in [-0.4, -0.2) is 73.2 Å². The van der Waals surface area contributed by atoms with Gasteiger partial charge in [0.1, 0.15) is 0 Å². The van der Waals surface area contributed by atoms with Gasteiger partial charge in [0.25, 0.3) is 0 Å². The third-order valence-electron chi connectivity index (χ3n) is 4.75. The van der Waals surface area contributed by atoms with Crippen LogP contribution in [-0.2, 0) is 0 Å². The molecular formula is C16H36N4. The van der Waals surface area contributed by atoms with Gasteiger partial charge in [-0.3, -0.25) is 9.80 Å². The molecule has 4 nitrogen and oxygen atoms in total. The van der Waals surface area contributed by atoms with Gasteiger partial charge in [0.15, 0.2) is 0 Å². The largest absolute Gasteiger partial charge is 0.314 e. The molecule has 0 amide bonds. The van der Waals surface area contributed by atoms with Crippen LogP contribution in [0, 0.1) is 0 Å². The van der Waals surface area contributed by atoms with Gasteiger partial charge in [-0.15, -0.1) is 0 Å². The number of nitrogens with one attached hydrogen (secondary N) is 2. The van der Waals surface area contributed by atoms with E-state index in [1.54, 1.807) is 0 Å². The fourth-order valence-electron chi connectivity index (χ4n) is 3.59. The van der Waals surface area contributed by atoms with E-state index in [0.29, 0.717) is 24.2 Å². The van der Waals surface area contributed by atoms with Crippen molar-refractivity contribution in [3.63, 3.8) is 0 Å². The Balaban J connectivity index is 0.000000200. The van der Waals surface area contributed by atoms with Crippen molar-refractivity contribution in [3.8, 4) is 0 Å². The van der Waals surface area contributed by atoms with Crippen molar-refractivity contribution in [2.24, 2.45) is 0 Å². The molecule has 0 saturated carbocycles. The maximum Gasteiger partial charge on any atom is 0.0195 e. The second-order valence-corrected chi connectivity index (χ2v) is 6.37. The lowest BCUT2D eigenvalue weighted by Gasteiger charge is -2.38. The lowest BCUT2D eigenvalue weighted by atomic mass is 10.1. The fraction of sp³-hybridized carbons (Fsp3) is 1.00. The van der Waals surface area contributed by atoms with Crippen LogP contribution in [0.4, 0.5) is 0 Å². The van der Waals surface area contributed by atoms with Crippen LogP contribution >= 0.6 is 0 Å². The number of hydrogen-bond donors (Lipinski definition) is 2. The molecule has 4 atom stereocenters. The number of piperazine rings is 2. The maximum absolute atomic E-state index is 3.41. The molecule has 0 unspecified atom stereocenters. The highest BCUT2D eigenvalue weighted by atomic mass is 15.2. The molecule has 120 valence electrons. The van der Waals surface area contributed by atoms with Gasteiger partial charge in [0.2, 0.25) is 0 Å². The lowest BCUT2D eigenvalue weighted by Crippen LogP contribution is -2.54. The van der Waals surface area contributed by atoms with Crippen LogP contribution in [0.5, 0.6) is 0 Å². The monoisotopic (exact) mass is 284 g/mol. The van der Waals surface area contributed by atoms with E-state index in [1.165, 1.54) is 13.1 Å². The van der Waals surface area contributed by atoms with E-state index in [2.05, 4.69) is 62.0 Å². The molecule has 0 spiro atoms. The molecule has 0 aliphatic carbocycles. The number of nitrogens with zero attached hydrogens (tertiary/aromatic N) is 2. The first kappa shape index (κ1) is 17.9. The summed E-state index contributed by atoms with van der Waals surface area (Å²) >= 11 is 0. The summed E-state index contributed by atoms with van der Waals surface area (Å²) in [5, 5.41) is 6.81. The molecule has 0 bridgehead atoms. The summed E-state index contributed by atoms with van der Waals surface area (Å²) < 4.78 is 0. The van der Waals surface area contributed by atoms with Crippen LogP contribution in [0.2, 0.25) is 0 Å². The molecule has 4 heteroatoms. The van der Waals surface area contributed by atoms with E-state index < -0.39 is 0 Å². The first-order valence-electron chi connectivity index (χ1n) is 8.44. The van der Waals surface area contributed by atoms with Gasteiger partial charge < -0.3 is 10.6 Å². The van der Waals surface area contributed by atoms with Gasteiger partial charge in [-0.2, -0.15) is 0 Å². The van der Waals surface area contributed by atoms with Crippen molar-refractivity contribution in [2.75, 3.05) is 39.3 Å². The van der Waals surface area contributed by atoms with Crippen molar-refractivity contribution in [3.05, 3.63) is 0 Å². The molecule has 0 radical (unpaired) electrons. The summed E-state index contributed by atoms with van der Waals surface area (Å²) in [4.78, 5) is 5.08. The van der Waals surface area contributed by atoms with Crippen molar-refractivity contribution in [2.45, 2.75) is 65.7 Å². The Morgan fingerprint density at radius 3 is 1.05 bits per heavy atom. The van der Waals surface area contributed by atoms with Gasteiger partial charge in [0, 0.05) is 50.3 Å². The molecule has 2 rings (SSSR count). The van der Waals surface area contributed by atoms with Gasteiger partial charge in [-0.05, 0) is 40.8 Å². The zero-order chi connectivity index (χ0) is 15.1. The standard InChI is InChI=1S/2C8H18N2/c2*1-4-10-7(2)5-9-6-8(10)3/h2*7-9H,4-6H2,1-3H3/t2*7-,8+. The fourth-order valence-corrected chi connectivity index (χ4v) is 3.59. The Labute approximate surface area is 126 Å². The predicted octanol–water partition coefficient (Wildman–Crippen LogP) is 1.38. The highest BCUT2D eigenvalue weighted by Gasteiger charge is 2.22. The quantitative estimate of drug-likeness (QED) is 0.802. The van der Waals surface area contributed by atoms with Gasteiger partial charge in [0.05, 0.1) is 0 Å². The summed E-state index contributed by atoms with van der Waals surface area (Å²) in [5.41, 5.74) is 0. The molecule has 2 N–H and O–H groups in total. The van der Waals surface area contributed by atoms with Crippen LogP contribution in [0.25, 0.3) is 0 Å². The summed E-state index contributed by atoms with van der Waals surface area (Å²) in [7, 11) is 0. The maximum atomic E-state index is 3.41. The molecule has 2 aliphatic heterocycles. The highest BCUT2D eigenvalue weighted by molar-refractivity contribution is 4.81. The Bertz CT molecular complexity index is 213. The van der Waals surface area contributed by atoms with E-state index >= 15 is 0 Å². The van der Waals surface area contributed by atoms with E-state index in [0.717, 1.165) is 26.2 Å². The normalized spacial score (nSPS) is 36.3. The molecule has 20 heavy (non-hydrogen) atoms. The minimum atomic E-state index is 0.716. The topological polar surface area (TPSA) is 30.5 Å². The Kier molecular flexibility index (Phi) is 8.03. The second-order valence-electron chi connectivity index (χ2n) is 6.37. The minimum Gasteiger partial charge on any atom is -0.314 e. The van der Waals surface area contributed by atoms with Crippen LogP contribution in [0.3, 0.4) is 0 Å². The van der Waals surface area contributed by atoms with Crippen LogP contribution in [0.1, 0.15) is 41.5 Å². The average Bonchev–Trinajstić information content (AvgIpc) is 2.40. The lowest BCUT2D eigenvalue weighted by molar-refractivity contribution is 0.124. The summed E-state index contributed by atoms with van der Waals surface area (Å²) in [6, 6.07) is 2.87. The highest BCUT2D eigenvalue weighted by Crippen LogP contribution is 2.08. The third-order valence-corrected chi connectivity index (χ3v) is 4.75. The Morgan fingerprint density at radius 1 is 0.650 bits per heavy atom. The van der Waals surface area contributed by atoms with Crippen molar-refractivity contribution in [1.29, 1.82) is 0 Å². The number of likely N-dealkylation sites (N-methyl/N-ethyl adjacent to an activating group) is 2. The molecule has 0 aromatic heterocycles. The number of hydrogen-bond acceptors (Lipinski definition) is 4. The summed E-state index contributed by atoms with van der Waals surface area (Å²) in [5.74, 6) is 0. The first-order chi connectivity index (χ1) is 9.51. The number of rotatable bonds is 2. The Hall–Kier alpha value is -0.160.